The quantitative estimate of drug-likeness (QED) is 0.164. The van der Waals surface area contributed by atoms with Crippen molar-refractivity contribution in [1.29, 1.82) is 5.26 Å². The lowest BCUT2D eigenvalue weighted by Gasteiger charge is -2.13. The van der Waals surface area contributed by atoms with Crippen LogP contribution in [0.4, 0.5) is 0 Å². The molecule has 5 nitrogen and oxygen atoms in total. The van der Waals surface area contributed by atoms with Crippen molar-refractivity contribution in [3.05, 3.63) is 206 Å². The molecule has 0 atom stereocenters. The average Bonchev–Trinajstić information content (AvgIpc) is 3.64. The molecule has 10 rings (SSSR count). The number of nitriles is 1. The van der Waals surface area contributed by atoms with Crippen LogP contribution in [0.1, 0.15) is 5.56 Å². The molecule has 0 saturated heterocycles. The summed E-state index contributed by atoms with van der Waals surface area (Å²) in [6.45, 7) is 0. The van der Waals surface area contributed by atoms with Crippen LogP contribution in [0.25, 0.3) is 95.0 Å². The van der Waals surface area contributed by atoms with E-state index in [1.54, 1.807) is 0 Å². The first-order valence-electron chi connectivity index (χ1n) is 18.9. The van der Waals surface area contributed by atoms with E-state index >= 15 is 0 Å². The third-order valence-corrected chi connectivity index (χ3v) is 10.5. The van der Waals surface area contributed by atoms with Crippen molar-refractivity contribution in [2.75, 3.05) is 0 Å². The molecule has 2 aromatic heterocycles. The molecule has 0 fully saturated rings. The molecular weight excluding hydrogens is 695 g/mol. The van der Waals surface area contributed by atoms with Crippen molar-refractivity contribution < 1.29 is 0 Å². The van der Waals surface area contributed by atoms with Gasteiger partial charge in [-0.1, -0.05) is 158 Å². The smallest absolute Gasteiger partial charge is 0.164 e. The third-order valence-electron chi connectivity index (χ3n) is 10.5. The lowest BCUT2D eigenvalue weighted by atomic mass is 9.96. The number of hydrogen-bond acceptors (Lipinski definition) is 4. The molecule has 0 spiro atoms. The molecule has 0 bridgehead atoms. The van der Waals surface area contributed by atoms with Gasteiger partial charge in [0.25, 0.3) is 0 Å². The van der Waals surface area contributed by atoms with Gasteiger partial charge < -0.3 is 4.57 Å². The molecule has 0 N–H and O–H groups in total. The van der Waals surface area contributed by atoms with E-state index in [-0.39, 0.29) is 0 Å². The SMILES string of the molecule is N#Cc1cc(-c2cccc(-c3cccc(-c4nc(-c5ccccc5)nc(-c5ccc(-c6ccccc6)cc5)n4)c3)c2)cc(-n2c3ccccc3c3ccccc32)c1. The average molecular weight is 728 g/mol. The number of hydrogen-bond donors (Lipinski definition) is 0. The van der Waals surface area contributed by atoms with E-state index in [9.17, 15) is 5.26 Å². The Morgan fingerprint density at radius 1 is 0.333 bits per heavy atom. The molecular formula is C52H33N5. The number of fused-ring (bicyclic) bond motifs is 3. The summed E-state index contributed by atoms with van der Waals surface area (Å²) in [5.41, 5.74) is 12.8. The highest BCUT2D eigenvalue weighted by Gasteiger charge is 2.16. The number of aromatic nitrogens is 4. The molecule has 266 valence electrons. The maximum absolute atomic E-state index is 10.2. The van der Waals surface area contributed by atoms with Crippen LogP contribution >= 0.6 is 0 Å². The van der Waals surface area contributed by atoms with Crippen LogP contribution in [0.5, 0.6) is 0 Å². The minimum absolute atomic E-state index is 0.599. The first-order valence-corrected chi connectivity index (χ1v) is 18.9. The van der Waals surface area contributed by atoms with E-state index in [1.165, 1.54) is 10.8 Å². The predicted molar refractivity (Wildman–Crippen MR) is 231 cm³/mol. The molecule has 0 amide bonds. The van der Waals surface area contributed by atoms with Crippen LogP contribution in [0, 0.1) is 11.3 Å². The summed E-state index contributed by atoms with van der Waals surface area (Å²) in [6, 6.07) is 71.0. The largest absolute Gasteiger partial charge is 0.309 e. The zero-order valence-corrected chi connectivity index (χ0v) is 30.8. The van der Waals surface area contributed by atoms with Crippen LogP contribution in [0.3, 0.4) is 0 Å². The van der Waals surface area contributed by atoms with E-state index < -0.39 is 0 Å². The molecule has 5 heteroatoms. The summed E-state index contributed by atoms with van der Waals surface area (Å²) >= 11 is 0. The summed E-state index contributed by atoms with van der Waals surface area (Å²) in [6.07, 6.45) is 0. The highest BCUT2D eigenvalue weighted by molar-refractivity contribution is 6.09. The molecule has 0 aliphatic carbocycles. The number of rotatable bonds is 7. The predicted octanol–water partition coefficient (Wildman–Crippen LogP) is 12.8. The standard InChI is InChI=1S/C52H33N5/c53-34-35-29-44(33-45(30-35)57-48-23-9-7-21-46(48)47-22-8-10-24-49(47)57)42-19-11-17-40(31-42)41-18-12-20-43(32-41)52-55-50(38-15-5-2-6-16-38)54-51(56-52)39-27-25-37(26-28-39)36-13-3-1-4-14-36/h1-33H. The Morgan fingerprint density at radius 2 is 0.754 bits per heavy atom. The highest BCUT2D eigenvalue weighted by Crippen LogP contribution is 2.36. The van der Waals surface area contributed by atoms with Gasteiger partial charge in [-0.25, -0.2) is 15.0 Å². The number of nitrogens with zero attached hydrogens (tertiary/aromatic N) is 5. The summed E-state index contributed by atoms with van der Waals surface area (Å²) in [5.74, 6) is 1.83. The molecule has 10 aromatic rings. The first kappa shape index (κ1) is 33.6. The molecule has 8 aromatic carbocycles. The van der Waals surface area contributed by atoms with Crippen molar-refractivity contribution in [2.45, 2.75) is 0 Å². The lowest BCUT2D eigenvalue weighted by molar-refractivity contribution is 1.07. The number of benzene rings is 8. The van der Waals surface area contributed by atoms with Gasteiger partial charge in [-0.3, -0.25) is 0 Å². The Bertz CT molecular complexity index is 3070. The van der Waals surface area contributed by atoms with E-state index in [0.29, 0.717) is 23.0 Å². The van der Waals surface area contributed by atoms with Crippen LogP contribution in [-0.2, 0) is 0 Å². The Balaban J connectivity index is 1.04. The molecule has 0 unspecified atom stereocenters. The van der Waals surface area contributed by atoms with Gasteiger partial charge in [-0.05, 0) is 75.8 Å². The fourth-order valence-corrected chi connectivity index (χ4v) is 7.68. The van der Waals surface area contributed by atoms with Gasteiger partial charge in [-0.15, -0.1) is 0 Å². The Morgan fingerprint density at radius 3 is 1.35 bits per heavy atom. The Hall–Kier alpha value is -7.94. The lowest BCUT2D eigenvalue weighted by Crippen LogP contribution is -2.00. The van der Waals surface area contributed by atoms with E-state index in [0.717, 1.165) is 66.8 Å². The normalized spacial score (nSPS) is 11.1. The molecule has 0 aliphatic heterocycles. The molecule has 0 radical (unpaired) electrons. The summed E-state index contributed by atoms with van der Waals surface area (Å²) < 4.78 is 2.26. The fourth-order valence-electron chi connectivity index (χ4n) is 7.68. The van der Waals surface area contributed by atoms with E-state index in [2.05, 4.69) is 138 Å². The minimum atomic E-state index is 0.599. The van der Waals surface area contributed by atoms with Gasteiger partial charge >= 0.3 is 0 Å². The zero-order valence-electron chi connectivity index (χ0n) is 30.8. The second kappa shape index (κ2) is 14.4. The summed E-state index contributed by atoms with van der Waals surface area (Å²) in [4.78, 5) is 15.0. The van der Waals surface area contributed by atoms with Crippen molar-refractivity contribution in [1.82, 2.24) is 19.5 Å². The van der Waals surface area contributed by atoms with Crippen LogP contribution in [0.2, 0.25) is 0 Å². The van der Waals surface area contributed by atoms with Gasteiger partial charge in [0, 0.05) is 33.2 Å². The zero-order chi connectivity index (χ0) is 38.1. The van der Waals surface area contributed by atoms with Gasteiger partial charge in [0.15, 0.2) is 17.5 Å². The first-order chi connectivity index (χ1) is 28.2. The van der Waals surface area contributed by atoms with Crippen molar-refractivity contribution in [2.24, 2.45) is 0 Å². The minimum Gasteiger partial charge on any atom is -0.309 e. The van der Waals surface area contributed by atoms with Crippen LogP contribution < -0.4 is 0 Å². The molecule has 0 aliphatic rings. The monoisotopic (exact) mass is 727 g/mol. The van der Waals surface area contributed by atoms with Crippen molar-refractivity contribution in [3.63, 3.8) is 0 Å². The van der Waals surface area contributed by atoms with Gasteiger partial charge in [0.2, 0.25) is 0 Å². The maximum atomic E-state index is 10.2. The topological polar surface area (TPSA) is 67.4 Å². The molecule has 2 heterocycles. The summed E-state index contributed by atoms with van der Waals surface area (Å²) in [7, 11) is 0. The van der Waals surface area contributed by atoms with Crippen molar-refractivity contribution in [3.8, 4) is 79.3 Å². The number of para-hydroxylation sites is 2. The Kier molecular flexibility index (Phi) is 8.48. The van der Waals surface area contributed by atoms with Gasteiger partial charge in [0.05, 0.1) is 22.7 Å². The second-order valence-electron chi connectivity index (χ2n) is 14.0. The van der Waals surface area contributed by atoms with Crippen LogP contribution in [0.15, 0.2) is 200 Å². The highest BCUT2D eigenvalue weighted by atomic mass is 15.0. The summed E-state index contributed by atoms with van der Waals surface area (Å²) in [5, 5.41) is 12.6. The second-order valence-corrected chi connectivity index (χ2v) is 14.0. The molecule has 57 heavy (non-hydrogen) atoms. The van der Waals surface area contributed by atoms with Crippen LogP contribution in [-0.4, -0.2) is 19.5 Å². The fraction of sp³-hybridized carbons (Fsp3) is 0. The van der Waals surface area contributed by atoms with Gasteiger partial charge in [0.1, 0.15) is 0 Å². The maximum Gasteiger partial charge on any atom is 0.164 e. The van der Waals surface area contributed by atoms with Gasteiger partial charge in [-0.2, -0.15) is 5.26 Å². The third kappa shape index (κ3) is 6.42. The Labute approximate surface area is 330 Å². The van der Waals surface area contributed by atoms with Crippen molar-refractivity contribution >= 4 is 21.8 Å². The van der Waals surface area contributed by atoms with E-state index in [1.807, 2.05) is 72.8 Å². The van der Waals surface area contributed by atoms with E-state index in [4.69, 9.17) is 15.0 Å². The molecule has 0 saturated carbocycles.